The minimum absolute atomic E-state index is 0.521. The molecule has 0 aliphatic heterocycles. The van der Waals surface area contributed by atoms with Crippen LogP contribution in [-0.2, 0) is 10.0 Å². The summed E-state index contributed by atoms with van der Waals surface area (Å²) in [6.07, 6.45) is 1.12. The van der Waals surface area contributed by atoms with Crippen molar-refractivity contribution < 1.29 is 8.42 Å². The van der Waals surface area contributed by atoms with Gasteiger partial charge in [0.25, 0.3) is 0 Å². The molecule has 8 heteroatoms. The number of benzene rings is 1. The minimum Gasteiger partial charge on any atom is -0.340 e. The summed E-state index contributed by atoms with van der Waals surface area (Å²) in [5, 5.41) is 6.18. The van der Waals surface area contributed by atoms with Gasteiger partial charge in [-0.3, -0.25) is 4.72 Å². The molecular formula is C14H14N4O2S2. The van der Waals surface area contributed by atoms with Crippen molar-refractivity contribution in [3.05, 3.63) is 41.5 Å². The predicted molar refractivity (Wildman–Crippen MR) is 90.3 cm³/mol. The lowest BCUT2D eigenvalue weighted by molar-refractivity contribution is 0.607. The summed E-state index contributed by atoms with van der Waals surface area (Å²) >= 11 is 1.57. The molecule has 2 heterocycles. The molecule has 2 aromatic heterocycles. The van der Waals surface area contributed by atoms with Crippen molar-refractivity contribution in [1.29, 1.82) is 0 Å². The summed E-state index contributed by atoms with van der Waals surface area (Å²) in [6.45, 7) is 1.85. The number of thiophene rings is 1. The van der Waals surface area contributed by atoms with Crippen molar-refractivity contribution in [2.75, 3.05) is 16.3 Å². The van der Waals surface area contributed by atoms with E-state index < -0.39 is 10.0 Å². The lowest BCUT2D eigenvalue weighted by Gasteiger charge is -2.09. The van der Waals surface area contributed by atoms with Crippen LogP contribution in [0.1, 0.15) is 5.82 Å². The molecule has 3 aromatic rings. The van der Waals surface area contributed by atoms with E-state index in [1.54, 1.807) is 35.6 Å². The monoisotopic (exact) mass is 334 g/mol. The predicted octanol–water partition coefficient (Wildman–Crippen LogP) is 3.11. The molecule has 0 radical (unpaired) electrons. The second-order valence-electron chi connectivity index (χ2n) is 4.84. The molecule has 0 amide bonds. The van der Waals surface area contributed by atoms with Crippen LogP contribution in [0.3, 0.4) is 0 Å². The maximum Gasteiger partial charge on any atom is 0.229 e. The fraction of sp³-hybridized carbons (Fsp3) is 0.143. The van der Waals surface area contributed by atoms with Crippen LogP contribution < -0.4 is 10.0 Å². The minimum atomic E-state index is -3.27. The van der Waals surface area contributed by atoms with Gasteiger partial charge in [-0.1, -0.05) is 0 Å². The number of nitrogens with zero attached hydrogens (tertiary/aromatic N) is 2. The summed E-state index contributed by atoms with van der Waals surface area (Å²) in [4.78, 5) is 9.74. The molecule has 6 nitrogen and oxygen atoms in total. The molecule has 0 aliphatic carbocycles. The summed E-state index contributed by atoms with van der Waals surface area (Å²) in [5.41, 5.74) is 1.34. The van der Waals surface area contributed by atoms with E-state index in [2.05, 4.69) is 20.0 Å². The maximum atomic E-state index is 11.2. The Morgan fingerprint density at radius 2 is 1.73 bits per heavy atom. The highest BCUT2D eigenvalue weighted by Gasteiger charge is 2.07. The van der Waals surface area contributed by atoms with E-state index in [4.69, 9.17) is 0 Å². The molecule has 0 atom stereocenters. The third kappa shape index (κ3) is 3.34. The molecule has 0 fully saturated rings. The Bertz CT molecular complexity index is 918. The van der Waals surface area contributed by atoms with Gasteiger partial charge in [0.15, 0.2) is 0 Å². The summed E-state index contributed by atoms with van der Waals surface area (Å²) in [6, 6.07) is 8.96. The molecule has 114 valence electrons. The Balaban J connectivity index is 1.87. The van der Waals surface area contributed by atoms with Gasteiger partial charge >= 0.3 is 0 Å². The molecular weight excluding hydrogens is 320 g/mol. The van der Waals surface area contributed by atoms with Crippen LogP contribution >= 0.6 is 11.3 Å². The van der Waals surface area contributed by atoms with Gasteiger partial charge in [0.05, 0.1) is 11.6 Å². The van der Waals surface area contributed by atoms with E-state index in [-0.39, 0.29) is 0 Å². The van der Waals surface area contributed by atoms with Crippen LogP contribution in [0.5, 0.6) is 0 Å². The summed E-state index contributed by atoms with van der Waals surface area (Å²) in [7, 11) is -3.27. The van der Waals surface area contributed by atoms with E-state index in [0.29, 0.717) is 11.5 Å². The first-order valence-electron chi connectivity index (χ1n) is 6.47. The highest BCUT2D eigenvalue weighted by Crippen LogP contribution is 2.27. The van der Waals surface area contributed by atoms with Gasteiger partial charge in [0, 0.05) is 11.4 Å². The Morgan fingerprint density at radius 3 is 2.41 bits per heavy atom. The largest absolute Gasteiger partial charge is 0.340 e. The van der Waals surface area contributed by atoms with Gasteiger partial charge in [0.2, 0.25) is 10.0 Å². The standard InChI is InChI=1S/C14H14N4O2S2/c1-9-15-13(12-7-8-21-14(12)16-9)17-10-3-5-11(6-4-10)18-22(2,19)20/h3-8,18H,1-2H3,(H,15,16,17). The van der Waals surface area contributed by atoms with Crippen molar-refractivity contribution in [2.24, 2.45) is 0 Å². The third-order valence-corrected chi connectivity index (χ3v) is 4.30. The number of nitrogens with one attached hydrogen (secondary N) is 2. The van der Waals surface area contributed by atoms with Crippen molar-refractivity contribution in [3.63, 3.8) is 0 Å². The van der Waals surface area contributed by atoms with E-state index in [9.17, 15) is 8.42 Å². The molecule has 0 unspecified atom stereocenters. The molecule has 0 saturated heterocycles. The number of fused-ring (bicyclic) bond motifs is 1. The van der Waals surface area contributed by atoms with Crippen LogP contribution in [0.2, 0.25) is 0 Å². The second kappa shape index (κ2) is 5.54. The van der Waals surface area contributed by atoms with Crippen LogP contribution in [0.15, 0.2) is 35.7 Å². The van der Waals surface area contributed by atoms with E-state index in [0.717, 1.165) is 28.0 Å². The molecule has 0 bridgehead atoms. The van der Waals surface area contributed by atoms with Gasteiger partial charge < -0.3 is 5.32 Å². The van der Waals surface area contributed by atoms with Gasteiger partial charge in [-0.2, -0.15) is 0 Å². The zero-order valence-electron chi connectivity index (χ0n) is 12.0. The molecule has 0 spiro atoms. The van der Waals surface area contributed by atoms with E-state index in [1.807, 2.05) is 18.4 Å². The van der Waals surface area contributed by atoms with Gasteiger partial charge in [-0.05, 0) is 42.6 Å². The number of aryl methyl sites for hydroxylation is 1. The van der Waals surface area contributed by atoms with Crippen molar-refractivity contribution in [1.82, 2.24) is 9.97 Å². The number of sulfonamides is 1. The Labute approximate surface area is 132 Å². The van der Waals surface area contributed by atoms with Crippen LogP contribution in [0.25, 0.3) is 10.2 Å². The normalized spacial score (nSPS) is 11.5. The highest BCUT2D eigenvalue weighted by atomic mass is 32.2. The van der Waals surface area contributed by atoms with Crippen LogP contribution in [0, 0.1) is 6.92 Å². The number of hydrogen-bond acceptors (Lipinski definition) is 6. The second-order valence-corrected chi connectivity index (χ2v) is 7.48. The molecule has 2 N–H and O–H groups in total. The Kier molecular flexibility index (Phi) is 3.71. The molecule has 0 aliphatic rings. The van der Waals surface area contributed by atoms with Crippen molar-refractivity contribution in [3.8, 4) is 0 Å². The molecule has 22 heavy (non-hydrogen) atoms. The fourth-order valence-electron chi connectivity index (χ4n) is 2.03. The molecule has 3 rings (SSSR count). The number of rotatable bonds is 4. The fourth-order valence-corrected chi connectivity index (χ4v) is 3.40. The van der Waals surface area contributed by atoms with Gasteiger partial charge in [0.1, 0.15) is 16.5 Å². The topological polar surface area (TPSA) is 84.0 Å². The molecule has 0 saturated carbocycles. The first-order valence-corrected chi connectivity index (χ1v) is 9.24. The van der Waals surface area contributed by atoms with Crippen molar-refractivity contribution >= 4 is 48.8 Å². The lowest BCUT2D eigenvalue weighted by Crippen LogP contribution is -2.09. The quantitative estimate of drug-likeness (QED) is 0.766. The summed E-state index contributed by atoms with van der Waals surface area (Å²) in [5.74, 6) is 1.44. The smallest absolute Gasteiger partial charge is 0.229 e. The average Bonchev–Trinajstić information content (AvgIpc) is 2.87. The zero-order chi connectivity index (χ0) is 15.7. The number of aromatic nitrogens is 2. The van der Waals surface area contributed by atoms with Gasteiger partial charge in [-0.25, -0.2) is 18.4 Å². The first kappa shape index (κ1) is 14.7. The zero-order valence-corrected chi connectivity index (χ0v) is 13.6. The number of anilines is 3. The van der Waals surface area contributed by atoms with Gasteiger partial charge in [-0.15, -0.1) is 11.3 Å². The first-order chi connectivity index (χ1) is 10.4. The van der Waals surface area contributed by atoms with Crippen molar-refractivity contribution in [2.45, 2.75) is 6.92 Å². The Hall–Kier alpha value is -2.19. The number of hydrogen-bond donors (Lipinski definition) is 2. The van der Waals surface area contributed by atoms with E-state index >= 15 is 0 Å². The highest BCUT2D eigenvalue weighted by molar-refractivity contribution is 7.92. The Morgan fingerprint density at radius 1 is 1.05 bits per heavy atom. The van der Waals surface area contributed by atoms with Crippen LogP contribution in [0.4, 0.5) is 17.2 Å². The van der Waals surface area contributed by atoms with E-state index in [1.165, 1.54) is 0 Å². The third-order valence-electron chi connectivity index (χ3n) is 2.89. The SMILES string of the molecule is Cc1nc(Nc2ccc(NS(C)(=O)=O)cc2)c2ccsc2n1. The summed E-state index contributed by atoms with van der Waals surface area (Å²) < 4.78 is 24.8. The average molecular weight is 334 g/mol. The molecule has 1 aromatic carbocycles. The lowest BCUT2D eigenvalue weighted by atomic mass is 10.3. The maximum absolute atomic E-state index is 11.2. The van der Waals surface area contributed by atoms with Crippen LogP contribution in [-0.4, -0.2) is 24.6 Å².